The zero-order valence-corrected chi connectivity index (χ0v) is 14.2. The first-order valence-electron chi connectivity index (χ1n) is 8.18. The van der Waals surface area contributed by atoms with Gasteiger partial charge in [0.25, 0.3) is 0 Å². The zero-order chi connectivity index (χ0) is 16.0. The standard InChI is InChI=1S/C16H33NO4/c1-5-11-19-13-14-20-12-9-8-10-16(4,17-6-2)15(18)21-7-3/h17H,5-14H2,1-4H3. The van der Waals surface area contributed by atoms with E-state index < -0.39 is 5.54 Å². The number of likely N-dealkylation sites (N-methyl/N-ethyl adjacent to an activating group) is 1. The molecular formula is C16H33NO4. The lowest BCUT2D eigenvalue weighted by atomic mass is 9.95. The molecule has 5 heteroatoms. The molecule has 0 aromatic carbocycles. The molecule has 0 aliphatic carbocycles. The average Bonchev–Trinajstić information content (AvgIpc) is 2.46. The second kappa shape index (κ2) is 13.0. The summed E-state index contributed by atoms with van der Waals surface area (Å²) in [5, 5.41) is 3.23. The smallest absolute Gasteiger partial charge is 0.326 e. The molecule has 1 atom stereocenters. The first-order chi connectivity index (χ1) is 10.1. The van der Waals surface area contributed by atoms with E-state index in [9.17, 15) is 4.79 Å². The van der Waals surface area contributed by atoms with Crippen LogP contribution in [0, 0.1) is 0 Å². The fourth-order valence-corrected chi connectivity index (χ4v) is 2.09. The maximum Gasteiger partial charge on any atom is 0.326 e. The summed E-state index contributed by atoms with van der Waals surface area (Å²) >= 11 is 0. The Morgan fingerprint density at radius 3 is 2.24 bits per heavy atom. The van der Waals surface area contributed by atoms with E-state index >= 15 is 0 Å². The topological polar surface area (TPSA) is 56.8 Å². The van der Waals surface area contributed by atoms with E-state index in [1.807, 2.05) is 20.8 Å². The summed E-state index contributed by atoms with van der Waals surface area (Å²) in [4.78, 5) is 12.0. The molecule has 1 N–H and O–H groups in total. The third kappa shape index (κ3) is 9.82. The van der Waals surface area contributed by atoms with Crippen LogP contribution in [0.4, 0.5) is 0 Å². The lowest BCUT2D eigenvalue weighted by molar-refractivity contribution is -0.150. The maximum absolute atomic E-state index is 12.0. The van der Waals surface area contributed by atoms with Crippen LogP contribution in [0.15, 0.2) is 0 Å². The average molecular weight is 303 g/mol. The third-order valence-electron chi connectivity index (χ3n) is 3.23. The molecule has 0 bridgehead atoms. The van der Waals surface area contributed by atoms with Crippen LogP contribution in [0.3, 0.4) is 0 Å². The summed E-state index contributed by atoms with van der Waals surface area (Å²) in [6.45, 7) is 11.8. The molecule has 0 fully saturated rings. The summed E-state index contributed by atoms with van der Waals surface area (Å²) in [5.74, 6) is -0.166. The molecule has 0 aromatic rings. The van der Waals surface area contributed by atoms with Crippen LogP contribution in [-0.2, 0) is 19.0 Å². The molecule has 0 rings (SSSR count). The van der Waals surface area contributed by atoms with Crippen molar-refractivity contribution in [2.45, 2.75) is 58.9 Å². The monoisotopic (exact) mass is 303 g/mol. The lowest BCUT2D eigenvalue weighted by Gasteiger charge is -2.28. The summed E-state index contributed by atoms with van der Waals surface area (Å²) in [7, 11) is 0. The van der Waals surface area contributed by atoms with Gasteiger partial charge in [-0.1, -0.05) is 13.8 Å². The Balaban J connectivity index is 3.76. The lowest BCUT2D eigenvalue weighted by Crippen LogP contribution is -2.50. The number of esters is 1. The predicted octanol–water partition coefficient (Wildman–Crippen LogP) is 2.53. The Bertz CT molecular complexity index is 261. The number of unbranched alkanes of at least 4 members (excludes halogenated alkanes) is 1. The molecular weight excluding hydrogens is 270 g/mol. The summed E-state index contributed by atoms with van der Waals surface area (Å²) < 4.78 is 16.0. The molecule has 0 heterocycles. The quantitative estimate of drug-likeness (QED) is 0.395. The van der Waals surface area contributed by atoms with E-state index in [0.717, 1.165) is 38.8 Å². The highest BCUT2D eigenvalue weighted by molar-refractivity contribution is 5.80. The minimum absolute atomic E-state index is 0.166. The van der Waals surface area contributed by atoms with Crippen molar-refractivity contribution in [3.63, 3.8) is 0 Å². The molecule has 126 valence electrons. The predicted molar refractivity (Wildman–Crippen MR) is 84.5 cm³/mol. The fraction of sp³-hybridized carbons (Fsp3) is 0.938. The molecule has 0 saturated heterocycles. The van der Waals surface area contributed by atoms with Crippen molar-refractivity contribution in [2.24, 2.45) is 0 Å². The van der Waals surface area contributed by atoms with Crippen LogP contribution in [-0.4, -0.2) is 51.1 Å². The van der Waals surface area contributed by atoms with Gasteiger partial charge in [0, 0.05) is 13.2 Å². The van der Waals surface area contributed by atoms with Crippen molar-refractivity contribution in [3.05, 3.63) is 0 Å². The van der Waals surface area contributed by atoms with Crippen LogP contribution in [0.2, 0.25) is 0 Å². The fourth-order valence-electron chi connectivity index (χ4n) is 2.09. The summed E-state index contributed by atoms with van der Waals surface area (Å²) in [6.07, 6.45) is 3.67. The van der Waals surface area contributed by atoms with Gasteiger partial charge in [0.2, 0.25) is 0 Å². The maximum atomic E-state index is 12.0. The molecule has 1 unspecified atom stereocenters. The van der Waals surface area contributed by atoms with Gasteiger partial charge >= 0.3 is 5.97 Å². The second-order valence-electron chi connectivity index (χ2n) is 5.26. The Morgan fingerprint density at radius 2 is 1.67 bits per heavy atom. The molecule has 0 amide bonds. The molecule has 0 aromatic heterocycles. The van der Waals surface area contributed by atoms with E-state index in [2.05, 4.69) is 12.2 Å². The Morgan fingerprint density at radius 1 is 1.00 bits per heavy atom. The highest BCUT2D eigenvalue weighted by Gasteiger charge is 2.32. The van der Waals surface area contributed by atoms with E-state index in [0.29, 0.717) is 26.4 Å². The van der Waals surface area contributed by atoms with Gasteiger partial charge in [0.1, 0.15) is 5.54 Å². The Kier molecular flexibility index (Phi) is 12.6. The third-order valence-corrected chi connectivity index (χ3v) is 3.23. The van der Waals surface area contributed by atoms with Crippen molar-refractivity contribution >= 4 is 5.97 Å². The summed E-state index contributed by atoms with van der Waals surface area (Å²) in [5.41, 5.74) is -0.588. The number of nitrogens with one attached hydrogen (secondary N) is 1. The van der Waals surface area contributed by atoms with Crippen molar-refractivity contribution in [2.75, 3.05) is 39.6 Å². The summed E-state index contributed by atoms with van der Waals surface area (Å²) in [6, 6.07) is 0. The number of carbonyl (C=O) groups is 1. The van der Waals surface area contributed by atoms with E-state index in [1.54, 1.807) is 0 Å². The van der Waals surface area contributed by atoms with Crippen molar-refractivity contribution in [3.8, 4) is 0 Å². The Labute approximate surface area is 129 Å². The molecule has 0 spiro atoms. The van der Waals surface area contributed by atoms with Gasteiger partial charge in [-0.15, -0.1) is 0 Å². The number of carbonyl (C=O) groups excluding carboxylic acids is 1. The van der Waals surface area contributed by atoms with Gasteiger partial charge < -0.3 is 19.5 Å². The van der Waals surface area contributed by atoms with Crippen molar-refractivity contribution in [1.82, 2.24) is 5.32 Å². The second-order valence-corrected chi connectivity index (χ2v) is 5.26. The van der Waals surface area contributed by atoms with Gasteiger partial charge in [-0.05, 0) is 46.1 Å². The largest absolute Gasteiger partial charge is 0.465 e. The van der Waals surface area contributed by atoms with Gasteiger partial charge in [0.15, 0.2) is 0 Å². The van der Waals surface area contributed by atoms with Crippen LogP contribution in [0.5, 0.6) is 0 Å². The minimum Gasteiger partial charge on any atom is -0.465 e. The van der Waals surface area contributed by atoms with Crippen LogP contribution >= 0.6 is 0 Å². The van der Waals surface area contributed by atoms with Gasteiger partial charge in [0.05, 0.1) is 19.8 Å². The van der Waals surface area contributed by atoms with Gasteiger partial charge in [-0.2, -0.15) is 0 Å². The highest BCUT2D eigenvalue weighted by Crippen LogP contribution is 2.16. The van der Waals surface area contributed by atoms with Crippen LogP contribution in [0.25, 0.3) is 0 Å². The Hall–Kier alpha value is -0.650. The number of rotatable bonds is 14. The van der Waals surface area contributed by atoms with E-state index in [-0.39, 0.29) is 5.97 Å². The number of hydrogen-bond donors (Lipinski definition) is 1. The number of ether oxygens (including phenoxy) is 3. The first-order valence-corrected chi connectivity index (χ1v) is 8.18. The molecule has 5 nitrogen and oxygen atoms in total. The van der Waals surface area contributed by atoms with Crippen LogP contribution in [0.1, 0.15) is 53.4 Å². The molecule has 0 radical (unpaired) electrons. The van der Waals surface area contributed by atoms with E-state index in [1.165, 1.54) is 0 Å². The molecule has 0 saturated carbocycles. The van der Waals surface area contributed by atoms with Crippen molar-refractivity contribution in [1.29, 1.82) is 0 Å². The van der Waals surface area contributed by atoms with Gasteiger partial charge in [-0.3, -0.25) is 4.79 Å². The van der Waals surface area contributed by atoms with Crippen LogP contribution < -0.4 is 5.32 Å². The number of hydrogen-bond acceptors (Lipinski definition) is 5. The molecule has 21 heavy (non-hydrogen) atoms. The normalized spacial score (nSPS) is 13.9. The minimum atomic E-state index is -0.588. The first kappa shape index (κ1) is 20.3. The molecule has 0 aliphatic rings. The van der Waals surface area contributed by atoms with Gasteiger partial charge in [-0.25, -0.2) is 0 Å². The SMILES string of the molecule is CCCOCCOCCCCC(C)(NCC)C(=O)OCC. The van der Waals surface area contributed by atoms with Crippen molar-refractivity contribution < 1.29 is 19.0 Å². The zero-order valence-electron chi connectivity index (χ0n) is 14.2. The highest BCUT2D eigenvalue weighted by atomic mass is 16.5. The molecule has 0 aliphatic heterocycles. The van der Waals surface area contributed by atoms with E-state index in [4.69, 9.17) is 14.2 Å².